The maximum Gasteiger partial charge on any atom is 0.266 e. The minimum Gasteiger partial charge on any atom is -0.493 e. The first-order valence-corrected chi connectivity index (χ1v) is 13.6. The summed E-state index contributed by atoms with van der Waals surface area (Å²) in [7, 11) is 1.56. The van der Waals surface area contributed by atoms with Crippen LogP contribution in [0.2, 0.25) is 5.02 Å². The van der Waals surface area contributed by atoms with Crippen molar-refractivity contribution in [3.05, 3.63) is 57.5 Å². The fraction of sp³-hybridized carbons (Fsp3) is 0.407. The zero-order chi connectivity index (χ0) is 24.8. The number of thiocarbonyl (C=S) groups is 1. The predicted molar refractivity (Wildman–Crippen MR) is 147 cm³/mol. The summed E-state index contributed by atoms with van der Waals surface area (Å²) in [6, 6.07) is 12.0. The third-order valence-electron chi connectivity index (χ3n) is 6.29. The van der Waals surface area contributed by atoms with Gasteiger partial charge in [0.05, 0.1) is 17.0 Å². The smallest absolute Gasteiger partial charge is 0.266 e. The molecule has 1 saturated carbocycles. The summed E-state index contributed by atoms with van der Waals surface area (Å²) in [6.45, 7) is 3.14. The van der Waals surface area contributed by atoms with E-state index >= 15 is 0 Å². The molecular formula is C27H30ClNO4S2. The zero-order valence-electron chi connectivity index (χ0n) is 20.1. The number of halogens is 1. The van der Waals surface area contributed by atoms with E-state index in [1.807, 2.05) is 19.1 Å². The molecule has 5 nitrogen and oxygen atoms in total. The number of ether oxygens (including phenoxy) is 3. The second-order valence-electron chi connectivity index (χ2n) is 8.56. The van der Waals surface area contributed by atoms with Crippen molar-refractivity contribution < 1.29 is 19.0 Å². The number of methoxy groups -OCH3 is 1. The van der Waals surface area contributed by atoms with E-state index in [9.17, 15) is 4.79 Å². The van der Waals surface area contributed by atoms with Crippen molar-refractivity contribution >= 4 is 51.9 Å². The van der Waals surface area contributed by atoms with Gasteiger partial charge in [-0.15, -0.1) is 0 Å². The monoisotopic (exact) mass is 531 g/mol. The van der Waals surface area contributed by atoms with Crippen molar-refractivity contribution in [3.8, 4) is 17.2 Å². The van der Waals surface area contributed by atoms with Gasteiger partial charge in [-0.05, 0) is 67.2 Å². The lowest BCUT2D eigenvalue weighted by Crippen LogP contribution is -2.27. The van der Waals surface area contributed by atoms with E-state index in [0.29, 0.717) is 51.4 Å². The highest BCUT2D eigenvalue weighted by Gasteiger charge is 2.30. The van der Waals surface area contributed by atoms with Crippen LogP contribution in [-0.4, -0.2) is 42.0 Å². The van der Waals surface area contributed by atoms with Gasteiger partial charge in [-0.1, -0.05) is 67.0 Å². The number of carbonyl (C=O) groups is 1. The van der Waals surface area contributed by atoms with Gasteiger partial charge in [-0.3, -0.25) is 9.69 Å². The number of hydrogen-bond acceptors (Lipinski definition) is 6. The summed E-state index contributed by atoms with van der Waals surface area (Å²) in [5.74, 6) is 2.35. The highest BCUT2D eigenvalue weighted by atomic mass is 35.5. The Hall–Kier alpha value is -2.22. The summed E-state index contributed by atoms with van der Waals surface area (Å²) >= 11 is 13.1. The minimum absolute atomic E-state index is 0.0955. The summed E-state index contributed by atoms with van der Waals surface area (Å²) in [5, 5.41) is 0.401. The Morgan fingerprint density at radius 2 is 1.83 bits per heavy atom. The Morgan fingerprint density at radius 3 is 2.49 bits per heavy atom. The number of rotatable bonds is 9. The third kappa shape index (κ3) is 6.32. The van der Waals surface area contributed by atoms with Crippen molar-refractivity contribution in [2.24, 2.45) is 0 Å². The molecule has 0 atom stereocenters. The molecule has 2 aliphatic rings. The fourth-order valence-electron chi connectivity index (χ4n) is 4.46. The Bertz CT molecular complexity index is 1100. The molecule has 0 radical (unpaired) electrons. The van der Waals surface area contributed by atoms with E-state index in [0.717, 1.165) is 11.3 Å². The highest BCUT2D eigenvalue weighted by Crippen LogP contribution is 2.39. The van der Waals surface area contributed by atoms with Crippen LogP contribution in [0.25, 0.3) is 6.08 Å². The average Bonchev–Trinajstić information content (AvgIpc) is 3.15. The van der Waals surface area contributed by atoms with Crippen LogP contribution < -0.4 is 14.2 Å². The Kier molecular flexibility index (Phi) is 8.98. The number of nitrogens with zero attached hydrogens (tertiary/aromatic N) is 1. The molecule has 1 aliphatic heterocycles. The van der Waals surface area contributed by atoms with E-state index in [4.69, 9.17) is 38.0 Å². The van der Waals surface area contributed by atoms with Gasteiger partial charge in [-0.25, -0.2) is 0 Å². The van der Waals surface area contributed by atoms with E-state index in [1.165, 1.54) is 49.4 Å². The normalized spacial score (nSPS) is 17.8. The molecule has 0 bridgehead atoms. The van der Waals surface area contributed by atoms with E-state index in [2.05, 4.69) is 12.1 Å². The number of hydrogen-bond donors (Lipinski definition) is 0. The van der Waals surface area contributed by atoms with Crippen molar-refractivity contribution in [1.29, 1.82) is 0 Å². The van der Waals surface area contributed by atoms with Gasteiger partial charge in [0.25, 0.3) is 5.91 Å². The molecule has 0 unspecified atom stereocenters. The molecular weight excluding hydrogens is 502 g/mol. The van der Waals surface area contributed by atoms with Gasteiger partial charge < -0.3 is 14.2 Å². The fourth-order valence-corrected chi connectivity index (χ4v) is 6.12. The highest BCUT2D eigenvalue weighted by molar-refractivity contribution is 8.26. The maximum absolute atomic E-state index is 12.5. The lowest BCUT2D eigenvalue weighted by molar-refractivity contribution is -0.121. The standard InChI is InChI=1S/C27H30ClNO4S2/c1-3-29-26(30)24(35-27(29)34)17-18-15-22(28)25(23(16-18)31-2)33-14-13-32-21-11-9-20(10-12-21)19-7-5-4-6-8-19/h9-12,15-17,19H,3-8,13-14H2,1-2H3. The molecule has 0 spiro atoms. The van der Waals surface area contributed by atoms with E-state index in [-0.39, 0.29) is 5.91 Å². The van der Waals surface area contributed by atoms with Crippen molar-refractivity contribution in [3.63, 3.8) is 0 Å². The Balaban J connectivity index is 1.34. The maximum atomic E-state index is 12.5. The van der Waals surface area contributed by atoms with Crippen LogP contribution in [-0.2, 0) is 4.79 Å². The van der Waals surface area contributed by atoms with Crippen LogP contribution in [0.5, 0.6) is 17.2 Å². The lowest BCUT2D eigenvalue weighted by atomic mass is 9.84. The quantitative estimate of drug-likeness (QED) is 0.196. The molecule has 2 aromatic rings. The summed E-state index contributed by atoms with van der Waals surface area (Å²) < 4.78 is 17.8. The van der Waals surface area contributed by atoms with Gasteiger partial charge in [0, 0.05) is 6.54 Å². The molecule has 1 amide bonds. The Morgan fingerprint density at radius 1 is 1.11 bits per heavy atom. The summed E-state index contributed by atoms with van der Waals surface area (Å²) in [6.07, 6.45) is 8.35. The van der Waals surface area contributed by atoms with Crippen molar-refractivity contribution in [2.75, 3.05) is 26.9 Å². The largest absolute Gasteiger partial charge is 0.493 e. The Labute approximate surface area is 221 Å². The number of likely N-dealkylation sites (N-methyl/N-ethyl adjacent to an activating group) is 1. The molecule has 4 rings (SSSR count). The van der Waals surface area contributed by atoms with Crippen molar-refractivity contribution in [1.82, 2.24) is 4.90 Å². The molecule has 1 heterocycles. The SMILES string of the molecule is CCN1C(=O)C(=Cc2cc(Cl)c(OCCOc3ccc(C4CCCCC4)cc3)c(OC)c2)SC1=S. The first-order valence-electron chi connectivity index (χ1n) is 12.0. The molecule has 35 heavy (non-hydrogen) atoms. The summed E-state index contributed by atoms with van der Waals surface area (Å²) in [5.41, 5.74) is 2.15. The van der Waals surface area contributed by atoms with Gasteiger partial charge in [0.1, 0.15) is 23.3 Å². The molecule has 0 aromatic heterocycles. The minimum atomic E-state index is -0.0955. The molecule has 1 saturated heterocycles. The number of benzene rings is 2. The topological polar surface area (TPSA) is 48.0 Å². The van der Waals surface area contributed by atoms with Crippen LogP contribution in [0, 0.1) is 0 Å². The second kappa shape index (κ2) is 12.2. The average molecular weight is 532 g/mol. The van der Waals surface area contributed by atoms with Crippen LogP contribution in [0.15, 0.2) is 41.3 Å². The molecule has 0 N–H and O–H groups in total. The van der Waals surface area contributed by atoms with Crippen LogP contribution in [0.4, 0.5) is 0 Å². The molecule has 1 aliphatic carbocycles. The molecule has 2 aromatic carbocycles. The van der Waals surface area contributed by atoms with E-state index < -0.39 is 0 Å². The number of carbonyl (C=O) groups excluding carboxylic acids is 1. The number of thioether (sulfide) groups is 1. The second-order valence-corrected chi connectivity index (χ2v) is 10.6. The van der Waals surface area contributed by atoms with Gasteiger partial charge >= 0.3 is 0 Å². The number of amides is 1. The van der Waals surface area contributed by atoms with Crippen LogP contribution in [0.3, 0.4) is 0 Å². The van der Waals surface area contributed by atoms with Gasteiger partial charge in [-0.2, -0.15) is 0 Å². The van der Waals surface area contributed by atoms with Crippen LogP contribution >= 0.6 is 35.6 Å². The third-order valence-corrected chi connectivity index (χ3v) is 7.95. The zero-order valence-corrected chi connectivity index (χ0v) is 22.4. The van der Waals surface area contributed by atoms with Crippen LogP contribution in [0.1, 0.15) is 56.1 Å². The van der Waals surface area contributed by atoms with Gasteiger partial charge in [0.15, 0.2) is 11.5 Å². The molecule has 186 valence electrons. The first-order chi connectivity index (χ1) is 17.0. The van der Waals surface area contributed by atoms with E-state index in [1.54, 1.807) is 30.2 Å². The lowest BCUT2D eigenvalue weighted by Gasteiger charge is -2.22. The molecule has 8 heteroatoms. The predicted octanol–water partition coefficient (Wildman–Crippen LogP) is 7.08. The molecule has 2 fully saturated rings. The first kappa shape index (κ1) is 25.9. The van der Waals surface area contributed by atoms with Gasteiger partial charge in [0.2, 0.25) is 0 Å². The summed E-state index contributed by atoms with van der Waals surface area (Å²) in [4.78, 5) is 14.6. The van der Waals surface area contributed by atoms with Crippen molar-refractivity contribution in [2.45, 2.75) is 44.9 Å².